The SMILES string of the molecule is NC1CCCCC1.NCCCC[C@H](N)C(=O)O.O=Cc1ccc(Br)o1. The maximum absolute atomic E-state index is 10.1. The Morgan fingerprint density at radius 1 is 1.32 bits per heavy atom. The number of carbonyl (C=O) groups is 2. The van der Waals surface area contributed by atoms with Crippen LogP contribution in [-0.2, 0) is 4.79 Å². The number of unbranched alkanes of at least 4 members (excludes halogenated alkanes) is 1. The number of nitrogens with two attached hydrogens (primary N) is 3. The molecule has 0 aliphatic heterocycles. The highest BCUT2D eigenvalue weighted by molar-refractivity contribution is 9.10. The van der Waals surface area contributed by atoms with Crippen molar-refractivity contribution >= 4 is 28.2 Å². The fourth-order valence-electron chi connectivity index (χ4n) is 2.16. The minimum absolute atomic E-state index is 0.344. The van der Waals surface area contributed by atoms with Gasteiger partial charge in [-0.3, -0.25) is 9.59 Å². The fraction of sp³-hybridized carbons (Fsp3) is 0.647. The van der Waals surface area contributed by atoms with Crippen molar-refractivity contribution in [2.45, 2.75) is 63.5 Å². The van der Waals surface area contributed by atoms with Crippen LogP contribution in [-0.4, -0.2) is 36.0 Å². The molecule has 1 aromatic rings. The van der Waals surface area contributed by atoms with Gasteiger partial charge in [0.15, 0.2) is 16.7 Å². The number of aliphatic carboxylic acids is 1. The summed E-state index contributed by atoms with van der Waals surface area (Å²) in [6, 6.07) is 3.08. The molecule has 0 spiro atoms. The Morgan fingerprint density at radius 2 is 1.96 bits per heavy atom. The van der Waals surface area contributed by atoms with Crippen LogP contribution in [0.4, 0.5) is 0 Å². The van der Waals surface area contributed by atoms with Gasteiger partial charge in [-0.1, -0.05) is 25.7 Å². The highest BCUT2D eigenvalue weighted by Gasteiger charge is 2.09. The molecule has 0 saturated heterocycles. The first-order valence-electron chi connectivity index (χ1n) is 8.55. The summed E-state index contributed by atoms with van der Waals surface area (Å²) in [6.07, 6.45) is 9.48. The second-order valence-corrected chi connectivity index (χ2v) is 6.67. The molecule has 1 saturated carbocycles. The predicted molar refractivity (Wildman–Crippen MR) is 101 cm³/mol. The average Bonchev–Trinajstić information content (AvgIpc) is 3.02. The predicted octanol–water partition coefficient (Wildman–Crippen LogP) is 2.66. The van der Waals surface area contributed by atoms with E-state index in [0.717, 1.165) is 12.8 Å². The first kappa shape index (κ1) is 23.8. The van der Waals surface area contributed by atoms with Gasteiger partial charge in [-0.25, -0.2) is 0 Å². The molecular formula is C17H30BrN3O4. The lowest BCUT2D eigenvalue weighted by Gasteiger charge is -2.15. The largest absolute Gasteiger partial charge is 0.480 e. The first-order valence-corrected chi connectivity index (χ1v) is 9.34. The van der Waals surface area contributed by atoms with Crippen molar-refractivity contribution in [2.75, 3.05) is 6.54 Å². The third kappa shape index (κ3) is 13.7. The van der Waals surface area contributed by atoms with E-state index in [1.54, 1.807) is 12.1 Å². The molecule has 2 rings (SSSR count). The van der Waals surface area contributed by atoms with Crippen LogP contribution in [0.1, 0.15) is 61.9 Å². The molecule has 7 nitrogen and oxygen atoms in total. The van der Waals surface area contributed by atoms with Gasteiger partial charge in [0.1, 0.15) is 6.04 Å². The molecule has 7 N–H and O–H groups in total. The van der Waals surface area contributed by atoms with E-state index >= 15 is 0 Å². The van der Waals surface area contributed by atoms with E-state index in [4.69, 9.17) is 26.7 Å². The van der Waals surface area contributed by atoms with Gasteiger partial charge in [-0.15, -0.1) is 0 Å². The molecule has 25 heavy (non-hydrogen) atoms. The van der Waals surface area contributed by atoms with Crippen molar-refractivity contribution in [3.05, 3.63) is 22.6 Å². The monoisotopic (exact) mass is 419 g/mol. The zero-order chi connectivity index (χ0) is 19.1. The Balaban J connectivity index is 0.000000350. The van der Waals surface area contributed by atoms with E-state index in [1.165, 1.54) is 32.1 Å². The van der Waals surface area contributed by atoms with Gasteiger partial charge in [0.05, 0.1) is 0 Å². The zero-order valence-electron chi connectivity index (χ0n) is 14.5. The van der Waals surface area contributed by atoms with Crippen LogP contribution in [0, 0.1) is 0 Å². The minimum Gasteiger partial charge on any atom is -0.480 e. The average molecular weight is 420 g/mol. The van der Waals surface area contributed by atoms with Gasteiger partial charge < -0.3 is 26.7 Å². The van der Waals surface area contributed by atoms with Gasteiger partial charge >= 0.3 is 5.97 Å². The van der Waals surface area contributed by atoms with Crippen molar-refractivity contribution in [1.82, 2.24) is 0 Å². The smallest absolute Gasteiger partial charge is 0.320 e. The standard InChI is InChI=1S/C6H14N2O2.C6H13N.C5H3BrO2/c7-4-2-1-3-5(8)6(9)10;7-6-4-2-1-3-5-6;6-5-2-1-4(3-7)8-5/h5H,1-4,7-8H2,(H,9,10);6H,1-5,7H2;1-3H/t5-;;/m0../s1. The van der Waals surface area contributed by atoms with Gasteiger partial charge in [0.2, 0.25) is 0 Å². The Kier molecular flexibility index (Phi) is 14.3. The van der Waals surface area contributed by atoms with E-state index < -0.39 is 12.0 Å². The molecular weight excluding hydrogens is 390 g/mol. The van der Waals surface area contributed by atoms with Crippen LogP contribution in [0.5, 0.6) is 0 Å². The summed E-state index contributed by atoms with van der Waals surface area (Å²) < 4.78 is 5.36. The van der Waals surface area contributed by atoms with Crippen molar-refractivity contribution in [1.29, 1.82) is 0 Å². The fourth-order valence-corrected chi connectivity index (χ4v) is 2.48. The summed E-state index contributed by atoms with van der Waals surface area (Å²) in [4.78, 5) is 20.0. The number of hydrogen-bond donors (Lipinski definition) is 4. The summed E-state index contributed by atoms with van der Waals surface area (Å²) in [7, 11) is 0. The summed E-state index contributed by atoms with van der Waals surface area (Å²) >= 11 is 3.05. The summed E-state index contributed by atoms with van der Waals surface area (Å²) in [5.74, 6) is -0.589. The van der Waals surface area contributed by atoms with E-state index in [9.17, 15) is 9.59 Å². The number of halogens is 1. The molecule has 1 aliphatic carbocycles. The second kappa shape index (κ2) is 15.1. The molecule has 0 radical (unpaired) electrons. The maximum atomic E-state index is 10.1. The second-order valence-electron chi connectivity index (χ2n) is 5.89. The quantitative estimate of drug-likeness (QED) is 0.409. The normalized spacial score (nSPS) is 15.2. The molecule has 144 valence electrons. The first-order chi connectivity index (χ1) is 11.9. The van der Waals surface area contributed by atoms with Crippen molar-refractivity contribution in [2.24, 2.45) is 17.2 Å². The van der Waals surface area contributed by atoms with Crippen molar-refractivity contribution in [3.63, 3.8) is 0 Å². The molecule has 1 heterocycles. The van der Waals surface area contributed by atoms with Gasteiger partial charge in [-0.2, -0.15) is 0 Å². The molecule has 0 amide bonds. The van der Waals surface area contributed by atoms with Crippen LogP contribution in [0.25, 0.3) is 0 Å². The number of furan rings is 1. The molecule has 8 heteroatoms. The van der Waals surface area contributed by atoms with E-state index in [2.05, 4.69) is 15.9 Å². The molecule has 1 fully saturated rings. The lowest BCUT2D eigenvalue weighted by molar-refractivity contribution is -0.138. The number of rotatable bonds is 6. The number of carbonyl (C=O) groups excluding carboxylic acids is 1. The Labute approximate surface area is 157 Å². The molecule has 1 aromatic heterocycles. The van der Waals surface area contributed by atoms with E-state index in [1.807, 2.05) is 0 Å². The molecule has 0 unspecified atom stereocenters. The summed E-state index contributed by atoms with van der Waals surface area (Å²) in [5.41, 5.74) is 16.1. The Hall–Kier alpha value is -1.22. The van der Waals surface area contributed by atoms with Crippen LogP contribution in [0.3, 0.4) is 0 Å². The highest BCUT2D eigenvalue weighted by Crippen LogP contribution is 2.14. The maximum Gasteiger partial charge on any atom is 0.320 e. The third-order valence-corrected chi connectivity index (χ3v) is 4.07. The van der Waals surface area contributed by atoms with Crippen LogP contribution in [0.15, 0.2) is 21.2 Å². The Morgan fingerprint density at radius 3 is 2.28 bits per heavy atom. The summed E-state index contributed by atoms with van der Waals surface area (Å²) in [5, 5.41) is 8.33. The molecule has 1 aliphatic rings. The molecule has 1 atom stereocenters. The van der Waals surface area contributed by atoms with Crippen LogP contribution < -0.4 is 17.2 Å². The summed E-state index contributed by atoms with van der Waals surface area (Å²) in [6.45, 7) is 0.604. The molecule has 0 aromatic carbocycles. The Bertz CT molecular complexity index is 476. The number of carboxylic acids is 1. The number of hydrogen-bond acceptors (Lipinski definition) is 6. The lowest BCUT2D eigenvalue weighted by Crippen LogP contribution is -2.29. The van der Waals surface area contributed by atoms with Gasteiger partial charge in [-0.05, 0) is 60.3 Å². The van der Waals surface area contributed by atoms with Gasteiger partial charge in [0.25, 0.3) is 0 Å². The molecule has 0 bridgehead atoms. The van der Waals surface area contributed by atoms with E-state index in [-0.39, 0.29) is 0 Å². The zero-order valence-corrected chi connectivity index (χ0v) is 16.1. The highest BCUT2D eigenvalue weighted by atomic mass is 79.9. The lowest BCUT2D eigenvalue weighted by atomic mass is 9.97. The topological polar surface area (TPSA) is 146 Å². The number of aldehydes is 1. The van der Waals surface area contributed by atoms with Gasteiger partial charge in [0, 0.05) is 6.04 Å². The van der Waals surface area contributed by atoms with E-state index in [0.29, 0.717) is 35.7 Å². The van der Waals surface area contributed by atoms with Crippen molar-refractivity contribution < 1.29 is 19.1 Å². The van der Waals surface area contributed by atoms with Crippen molar-refractivity contribution in [3.8, 4) is 0 Å². The van der Waals surface area contributed by atoms with Crippen LogP contribution in [0.2, 0.25) is 0 Å². The van der Waals surface area contributed by atoms with Crippen LogP contribution >= 0.6 is 15.9 Å². The number of carboxylic acid groups (broad SMARTS) is 1. The third-order valence-electron chi connectivity index (χ3n) is 3.65. The minimum atomic E-state index is -0.933.